The molecule has 4 nitrogen and oxygen atoms in total. The number of nitrogens with two attached hydrogens (primary N) is 1. The Bertz CT molecular complexity index is 385. The SMILES string of the molecule is Cc1ncc(N(CCCN)C2CCCC2)nc1C. The van der Waals surface area contributed by atoms with Gasteiger partial charge >= 0.3 is 0 Å². The number of anilines is 1. The van der Waals surface area contributed by atoms with Gasteiger partial charge in [0.25, 0.3) is 0 Å². The largest absolute Gasteiger partial charge is 0.352 e. The van der Waals surface area contributed by atoms with Gasteiger partial charge in [-0.25, -0.2) is 4.98 Å². The quantitative estimate of drug-likeness (QED) is 0.868. The summed E-state index contributed by atoms with van der Waals surface area (Å²) in [5.41, 5.74) is 7.69. The fraction of sp³-hybridized carbons (Fsp3) is 0.714. The lowest BCUT2D eigenvalue weighted by Crippen LogP contribution is -2.36. The van der Waals surface area contributed by atoms with Gasteiger partial charge in [0.15, 0.2) is 0 Å². The van der Waals surface area contributed by atoms with Gasteiger partial charge in [-0.1, -0.05) is 12.8 Å². The summed E-state index contributed by atoms with van der Waals surface area (Å²) in [6, 6.07) is 0.632. The lowest BCUT2D eigenvalue weighted by Gasteiger charge is -2.30. The highest BCUT2D eigenvalue weighted by atomic mass is 15.2. The molecule has 0 saturated heterocycles. The van der Waals surface area contributed by atoms with E-state index in [4.69, 9.17) is 10.7 Å². The summed E-state index contributed by atoms with van der Waals surface area (Å²) in [4.78, 5) is 11.6. The normalized spacial score (nSPS) is 16.2. The maximum Gasteiger partial charge on any atom is 0.147 e. The summed E-state index contributed by atoms with van der Waals surface area (Å²) >= 11 is 0. The molecule has 0 spiro atoms. The molecule has 100 valence electrons. The van der Waals surface area contributed by atoms with Crippen LogP contribution >= 0.6 is 0 Å². The number of nitrogens with zero attached hydrogens (tertiary/aromatic N) is 3. The molecule has 1 fully saturated rings. The van der Waals surface area contributed by atoms with Gasteiger partial charge in [-0.15, -0.1) is 0 Å². The number of aryl methyl sites for hydroxylation is 2. The third-order valence-electron chi connectivity index (χ3n) is 3.84. The lowest BCUT2D eigenvalue weighted by atomic mass is 10.2. The predicted molar refractivity (Wildman–Crippen MR) is 74.8 cm³/mol. The van der Waals surface area contributed by atoms with Crippen LogP contribution in [0.5, 0.6) is 0 Å². The van der Waals surface area contributed by atoms with Gasteiger partial charge in [-0.2, -0.15) is 0 Å². The molecular formula is C14H24N4. The van der Waals surface area contributed by atoms with Gasteiger partial charge in [-0.3, -0.25) is 4.98 Å². The van der Waals surface area contributed by atoms with E-state index in [1.165, 1.54) is 25.7 Å². The minimum absolute atomic E-state index is 0.632. The highest BCUT2D eigenvalue weighted by molar-refractivity contribution is 5.39. The first-order chi connectivity index (χ1) is 8.72. The lowest BCUT2D eigenvalue weighted by molar-refractivity contribution is 0.585. The molecule has 0 unspecified atom stereocenters. The van der Waals surface area contributed by atoms with Gasteiger partial charge in [0.05, 0.1) is 17.6 Å². The molecule has 0 aromatic carbocycles. The van der Waals surface area contributed by atoms with Crippen LogP contribution in [0.3, 0.4) is 0 Å². The Balaban J connectivity index is 2.17. The molecule has 2 N–H and O–H groups in total. The van der Waals surface area contributed by atoms with E-state index >= 15 is 0 Å². The van der Waals surface area contributed by atoms with Gasteiger partial charge in [-0.05, 0) is 39.7 Å². The fourth-order valence-corrected chi connectivity index (χ4v) is 2.63. The molecule has 1 aliphatic carbocycles. The number of hydrogen-bond acceptors (Lipinski definition) is 4. The first kappa shape index (κ1) is 13.3. The van der Waals surface area contributed by atoms with Crippen molar-refractivity contribution >= 4 is 5.82 Å². The van der Waals surface area contributed by atoms with Gasteiger partial charge in [0, 0.05) is 12.6 Å². The van der Waals surface area contributed by atoms with E-state index in [0.29, 0.717) is 6.04 Å². The molecular weight excluding hydrogens is 224 g/mol. The molecule has 1 heterocycles. The van der Waals surface area contributed by atoms with Crippen molar-refractivity contribution in [1.29, 1.82) is 0 Å². The van der Waals surface area contributed by atoms with Crippen LogP contribution in [0.15, 0.2) is 6.20 Å². The summed E-state index contributed by atoms with van der Waals surface area (Å²) in [5.74, 6) is 1.03. The Morgan fingerprint density at radius 2 is 2.00 bits per heavy atom. The molecule has 2 rings (SSSR count). The van der Waals surface area contributed by atoms with Gasteiger partial charge < -0.3 is 10.6 Å². The fourth-order valence-electron chi connectivity index (χ4n) is 2.63. The summed E-state index contributed by atoms with van der Waals surface area (Å²) < 4.78 is 0. The molecule has 1 saturated carbocycles. The van der Waals surface area contributed by atoms with E-state index in [0.717, 1.165) is 36.7 Å². The summed E-state index contributed by atoms with van der Waals surface area (Å²) in [5, 5.41) is 0. The molecule has 0 atom stereocenters. The Labute approximate surface area is 110 Å². The van der Waals surface area contributed by atoms with E-state index < -0.39 is 0 Å². The van der Waals surface area contributed by atoms with Crippen LogP contribution in [0.25, 0.3) is 0 Å². The molecule has 0 amide bonds. The second-order valence-electron chi connectivity index (χ2n) is 5.17. The molecule has 1 aromatic heterocycles. The zero-order chi connectivity index (χ0) is 13.0. The summed E-state index contributed by atoms with van der Waals surface area (Å²) in [6.45, 7) is 5.77. The Kier molecular flexibility index (Phi) is 4.53. The maximum absolute atomic E-state index is 5.64. The van der Waals surface area contributed by atoms with Crippen molar-refractivity contribution in [3.8, 4) is 0 Å². The third kappa shape index (κ3) is 2.99. The van der Waals surface area contributed by atoms with Crippen molar-refractivity contribution in [1.82, 2.24) is 9.97 Å². The second-order valence-corrected chi connectivity index (χ2v) is 5.17. The Morgan fingerprint density at radius 1 is 1.28 bits per heavy atom. The molecule has 0 radical (unpaired) electrons. The van der Waals surface area contributed by atoms with Crippen molar-refractivity contribution in [3.05, 3.63) is 17.6 Å². The molecule has 0 bridgehead atoms. The van der Waals surface area contributed by atoms with E-state index in [1.807, 2.05) is 20.0 Å². The van der Waals surface area contributed by atoms with Crippen LogP contribution in [0.2, 0.25) is 0 Å². The zero-order valence-corrected chi connectivity index (χ0v) is 11.5. The number of aromatic nitrogens is 2. The van der Waals surface area contributed by atoms with Crippen LogP contribution in [0.4, 0.5) is 5.82 Å². The van der Waals surface area contributed by atoms with Gasteiger partial charge in [0.1, 0.15) is 5.82 Å². The van der Waals surface area contributed by atoms with E-state index in [1.54, 1.807) is 0 Å². The van der Waals surface area contributed by atoms with Crippen molar-refractivity contribution in [2.75, 3.05) is 18.0 Å². The smallest absolute Gasteiger partial charge is 0.147 e. The third-order valence-corrected chi connectivity index (χ3v) is 3.84. The van der Waals surface area contributed by atoms with E-state index in [2.05, 4.69) is 9.88 Å². The van der Waals surface area contributed by atoms with Crippen LogP contribution in [0, 0.1) is 13.8 Å². The molecule has 18 heavy (non-hydrogen) atoms. The van der Waals surface area contributed by atoms with Crippen LogP contribution in [0.1, 0.15) is 43.5 Å². The average Bonchev–Trinajstić information content (AvgIpc) is 2.88. The summed E-state index contributed by atoms with van der Waals surface area (Å²) in [6.07, 6.45) is 8.16. The summed E-state index contributed by atoms with van der Waals surface area (Å²) in [7, 11) is 0. The highest BCUT2D eigenvalue weighted by Crippen LogP contribution is 2.27. The average molecular weight is 248 g/mol. The zero-order valence-electron chi connectivity index (χ0n) is 11.5. The minimum Gasteiger partial charge on any atom is -0.352 e. The second kappa shape index (κ2) is 6.14. The van der Waals surface area contributed by atoms with Crippen molar-refractivity contribution < 1.29 is 0 Å². The Morgan fingerprint density at radius 3 is 2.61 bits per heavy atom. The van der Waals surface area contributed by atoms with E-state index in [-0.39, 0.29) is 0 Å². The van der Waals surface area contributed by atoms with Crippen molar-refractivity contribution in [2.24, 2.45) is 5.73 Å². The maximum atomic E-state index is 5.64. The standard InChI is InChI=1S/C14H24N4/c1-11-12(2)17-14(10-16-11)18(9-5-8-15)13-6-3-4-7-13/h10,13H,3-9,15H2,1-2H3. The van der Waals surface area contributed by atoms with Crippen LogP contribution in [-0.4, -0.2) is 29.1 Å². The first-order valence-corrected chi connectivity index (χ1v) is 6.99. The number of hydrogen-bond donors (Lipinski definition) is 1. The molecule has 1 aromatic rings. The molecule has 1 aliphatic rings. The topological polar surface area (TPSA) is 55.0 Å². The molecule has 4 heteroatoms. The van der Waals surface area contributed by atoms with Crippen molar-refractivity contribution in [2.45, 2.75) is 52.0 Å². The van der Waals surface area contributed by atoms with Crippen molar-refractivity contribution in [3.63, 3.8) is 0 Å². The van der Waals surface area contributed by atoms with Gasteiger partial charge in [0.2, 0.25) is 0 Å². The Hall–Kier alpha value is -1.16. The predicted octanol–water partition coefficient (Wildman–Crippen LogP) is 2.19. The monoisotopic (exact) mass is 248 g/mol. The van der Waals surface area contributed by atoms with Crippen LogP contribution < -0.4 is 10.6 Å². The van der Waals surface area contributed by atoms with Crippen LogP contribution in [-0.2, 0) is 0 Å². The highest BCUT2D eigenvalue weighted by Gasteiger charge is 2.23. The number of rotatable bonds is 5. The minimum atomic E-state index is 0.632. The molecule has 0 aliphatic heterocycles. The first-order valence-electron chi connectivity index (χ1n) is 6.99. The van der Waals surface area contributed by atoms with E-state index in [9.17, 15) is 0 Å².